The summed E-state index contributed by atoms with van der Waals surface area (Å²) < 4.78 is 5.15. The fourth-order valence-electron chi connectivity index (χ4n) is 2.85. The summed E-state index contributed by atoms with van der Waals surface area (Å²) in [4.78, 5) is 36.4. The average Bonchev–Trinajstić information content (AvgIpc) is 2.83. The molecule has 0 aromatic heterocycles. The summed E-state index contributed by atoms with van der Waals surface area (Å²) in [7, 11) is 1.54. The van der Waals surface area contributed by atoms with Gasteiger partial charge in [-0.05, 0) is 47.5 Å². The van der Waals surface area contributed by atoms with Crippen molar-refractivity contribution in [1.29, 1.82) is 0 Å². The Bertz CT molecular complexity index is 1110. The highest BCUT2D eigenvalue weighted by atomic mass is 16.5. The molecular formula is C24H21N3O5. The van der Waals surface area contributed by atoms with E-state index in [4.69, 9.17) is 9.84 Å². The van der Waals surface area contributed by atoms with Gasteiger partial charge in [-0.2, -0.15) is 5.10 Å². The first-order valence-corrected chi connectivity index (χ1v) is 9.64. The second-order valence-corrected chi connectivity index (χ2v) is 6.71. The van der Waals surface area contributed by atoms with E-state index in [1.165, 1.54) is 25.5 Å². The number of rotatable bonds is 8. The smallest absolute Gasteiger partial charge is 0.335 e. The largest absolute Gasteiger partial charge is 0.497 e. The molecule has 0 radical (unpaired) electrons. The Morgan fingerprint density at radius 1 is 0.906 bits per heavy atom. The topological polar surface area (TPSA) is 117 Å². The molecule has 3 aromatic carbocycles. The van der Waals surface area contributed by atoms with Crippen molar-refractivity contribution < 1.29 is 24.2 Å². The molecule has 3 rings (SSSR count). The zero-order chi connectivity index (χ0) is 22.9. The molecule has 0 heterocycles. The maximum atomic E-state index is 12.9. The number of hydrogen-bond acceptors (Lipinski definition) is 5. The molecule has 0 saturated heterocycles. The maximum Gasteiger partial charge on any atom is 0.335 e. The highest BCUT2D eigenvalue weighted by Gasteiger charge is 2.23. The van der Waals surface area contributed by atoms with E-state index in [0.29, 0.717) is 22.4 Å². The van der Waals surface area contributed by atoms with Crippen molar-refractivity contribution in [2.24, 2.45) is 5.10 Å². The first-order chi connectivity index (χ1) is 15.5. The molecule has 3 N–H and O–H groups in total. The van der Waals surface area contributed by atoms with Gasteiger partial charge >= 0.3 is 5.97 Å². The molecule has 0 fully saturated rings. The van der Waals surface area contributed by atoms with E-state index in [1.54, 1.807) is 66.7 Å². The first kappa shape index (κ1) is 22.2. The van der Waals surface area contributed by atoms with Crippen molar-refractivity contribution in [3.05, 3.63) is 101 Å². The third-order valence-corrected chi connectivity index (χ3v) is 4.57. The van der Waals surface area contributed by atoms with Gasteiger partial charge in [0.15, 0.2) is 0 Å². The highest BCUT2D eigenvalue weighted by molar-refractivity contribution is 5.98. The SMILES string of the molecule is COc1ccc([C@H](NC(=O)c2ccccc2)C(=O)N/N=C\c2ccc(C(=O)O)cc2)cc1. The summed E-state index contributed by atoms with van der Waals surface area (Å²) in [5, 5.41) is 15.6. The van der Waals surface area contributed by atoms with Crippen molar-refractivity contribution in [2.75, 3.05) is 7.11 Å². The van der Waals surface area contributed by atoms with E-state index < -0.39 is 23.8 Å². The number of carbonyl (C=O) groups excluding carboxylic acids is 2. The lowest BCUT2D eigenvalue weighted by molar-refractivity contribution is -0.123. The van der Waals surface area contributed by atoms with Crippen LogP contribution in [0.3, 0.4) is 0 Å². The van der Waals surface area contributed by atoms with Gasteiger partial charge in [-0.3, -0.25) is 9.59 Å². The number of ether oxygens (including phenoxy) is 1. The van der Waals surface area contributed by atoms with E-state index >= 15 is 0 Å². The Morgan fingerprint density at radius 2 is 1.56 bits per heavy atom. The van der Waals surface area contributed by atoms with Crippen LogP contribution in [0, 0.1) is 0 Å². The molecule has 8 heteroatoms. The minimum absolute atomic E-state index is 0.148. The molecule has 0 aliphatic rings. The van der Waals surface area contributed by atoms with Gasteiger partial charge in [-0.1, -0.05) is 42.5 Å². The van der Waals surface area contributed by atoms with Gasteiger partial charge in [-0.25, -0.2) is 10.2 Å². The monoisotopic (exact) mass is 431 g/mol. The number of benzene rings is 3. The molecule has 0 spiro atoms. The van der Waals surface area contributed by atoms with Crippen LogP contribution < -0.4 is 15.5 Å². The van der Waals surface area contributed by atoms with Gasteiger partial charge in [-0.15, -0.1) is 0 Å². The molecular weight excluding hydrogens is 410 g/mol. The van der Waals surface area contributed by atoms with Crippen LogP contribution in [0.15, 0.2) is 84.0 Å². The molecule has 0 aliphatic heterocycles. The normalized spacial score (nSPS) is 11.5. The predicted octanol–water partition coefficient (Wildman–Crippen LogP) is 3.01. The number of hydrogen-bond donors (Lipinski definition) is 3. The van der Waals surface area contributed by atoms with Crippen LogP contribution in [0.25, 0.3) is 0 Å². The molecule has 162 valence electrons. The van der Waals surface area contributed by atoms with Crippen molar-refractivity contribution in [2.45, 2.75) is 6.04 Å². The van der Waals surface area contributed by atoms with E-state index in [-0.39, 0.29) is 5.56 Å². The summed E-state index contributed by atoms with van der Waals surface area (Å²) >= 11 is 0. The molecule has 0 unspecified atom stereocenters. The van der Waals surface area contributed by atoms with Crippen molar-refractivity contribution in [3.63, 3.8) is 0 Å². The number of hydrazone groups is 1. The van der Waals surface area contributed by atoms with Crippen LogP contribution in [0.1, 0.15) is 37.9 Å². The van der Waals surface area contributed by atoms with Crippen LogP contribution >= 0.6 is 0 Å². The second kappa shape index (κ2) is 10.5. The highest BCUT2D eigenvalue weighted by Crippen LogP contribution is 2.19. The van der Waals surface area contributed by atoms with Gasteiger partial charge < -0.3 is 15.2 Å². The Hall–Kier alpha value is -4.46. The van der Waals surface area contributed by atoms with Gasteiger partial charge in [0.2, 0.25) is 0 Å². The molecule has 0 bridgehead atoms. The van der Waals surface area contributed by atoms with Crippen LogP contribution in [-0.4, -0.2) is 36.2 Å². The van der Waals surface area contributed by atoms with Crippen molar-refractivity contribution in [3.8, 4) is 5.75 Å². The zero-order valence-electron chi connectivity index (χ0n) is 17.2. The van der Waals surface area contributed by atoms with Crippen LogP contribution in [0.4, 0.5) is 0 Å². The lowest BCUT2D eigenvalue weighted by atomic mass is 10.1. The van der Waals surface area contributed by atoms with Gasteiger partial charge in [0.25, 0.3) is 11.8 Å². The number of nitrogens with zero attached hydrogens (tertiary/aromatic N) is 1. The Labute approximate surface area is 184 Å². The summed E-state index contributed by atoms with van der Waals surface area (Å²) in [6, 6.07) is 20.3. The summed E-state index contributed by atoms with van der Waals surface area (Å²) in [5.74, 6) is -1.36. The molecule has 3 aromatic rings. The Kier molecular flexibility index (Phi) is 7.32. The Balaban J connectivity index is 1.75. The second-order valence-electron chi connectivity index (χ2n) is 6.71. The molecule has 2 amide bonds. The lowest BCUT2D eigenvalue weighted by Crippen LogP contribution is -2.38. The number of aromatic carboxylic acids is 1. The number of carboxylic acids is 1. The third kappa shape index (κ3) is 5.79. The molecule has 1 atom stereocenters. The molecule has 32 heavy (non-hydrogen) atoms. The fraction of sp³-hybridized carbons (Fsp3) is 0.0833. The minimum atomic E-state index is -1.03. The van der Waals surface area contributed by atoms with Gasteiger partial charge in [0, 0.05) is 5.56 Å². The number of carbonyl (C=O) groups is 3. The molecule has 0 aliphatic carbocycles. The molecule has 0 saturated carbocycles. The predicted molar refractivity (Wildman–Crippen MR) is 119 cm³/mol. The number of amides is 2. The van der Waals surface area contributed by atoms with E-state index in [0.717, 1.165) is 0 Å². The van der Waals surface area contributed by atoms with Crippen LogP contribution in [-0.2, 0) is 4.79 Å². The fourth-order valence-corrected chi connectivity index (χ4v) is 2.85. The number of methoxy groups -OCH3 is 1. The quantitative estimate of drug-likeness (QED) is 0.374. The summed E-state index contributed by atoms with van der Waals surface area (Å²) in [5.41, 5.74) is 4.14. The van der Waals surface area contributed by atoms with Gasteiger partial charge in [0.1, 0.15) is 11.8 Å². The summed E-state index contributed by atoms with van der Waals surface area (Å²) in [6.45, 7) is 0. The lowest BCUT2D eigenvalue weighted by Gasteiger charge is -2.18. The van der Waals surface area contributed by atoms with Crippen molar-refractivity contribution >= 4 is 24.0 Å². The summed E-state index contributed by atoms with van der Waals surface area (Å²) in [6.07, 6.45) is 1.38. The van der Waals surface area contributed by atoms with E-state index in [2.05, 4.69) is 15.8 Å². The first-order valence-electron chi connectivity index (χ1n) is 9.64. The Morgan fingerprint density at radius 3 is 2.16 bits per heavy atom. The maximum absolute atomic E-state index is 12.9. The minimum Gasteiger partial charge on any atom is -0.497 e. The number of carboxylic acid groups (broad SMARTS) is 1. The van der Waals surface area contributed by atoms with E-state index in [1.807, 2.05) is 0 Å². The van der Waals surface area contributed by atoms with Crippen LogP contribution in [0.2, 0.25) is 0 Å². The zero-order valence-corrected chi connectivity index (χ0v) is 17.2. The van der Waals surface area contributed by atoms with Crippen LogP contribution in [0.5, 0.6) is 5.75 Å². The number of nitrogens with one attached hydrogen (secondary N) is 2. The van der Waals surface area contributed by atoms with Gasteiger partial charge in [0.05, 0.1) is 18.9 Å². The van der Waals surface area contributed by atoms with E-state index in [9.17, 15) is 14.4 Å². The third-order valence-electron chi connectivity index (χ3n) is 4.57. The standard InChI is InChI=1S/C24H21N3O5/c1-32-20-13-11-17(12-14-20)21(26-22(28)18-5-3-2-4-6-18)23(29)27-25-15-16-7-9-19(10-8-16)24(30)31/h2-15,21H,1H3,(H,26,28)(H,27,29)(H,30,31)/b25-15-/t21-/m0/s1. The molecule has 8 nitrogen and oxygen atoms in total. The van der Waals surface area contributed by atoms with Crippen molar-refractivity contribution in [1.82, 2.24) is 10.7 Å². The average molecular weight is 431 g/mol.